The molecule has 2 aromatic carbocycles. The van der Waals surface area contributed by atoms with E-state index < -0.39 is 0 Å². The summed E-state index contributed by atoms with van der Waals surface area (Å²) < 4.78 is 6.82. The molecule has 0 aliphatic rings. The first kappa shape index (κ1) is 17.4. The fraction of sp³-hybridized carbons (Fsp3) is 0.300. The van der Waals surface area contributed by atoms with Crippen molar-refractivity contribution in [2.45, 2.75) is 34.6 Å². The van der Waals surface area contributed by atoms with Crippen molar-refractivity contribution in [2.24, 2.45) is 0 Å². The number of aryl methyl sites for hydroxylation is 5. The van der Waals surface area contributed by atoms with Crippen molar-refractivity contribution in [1.29, 1.82) is 0 Å². The molecule has 5 heteroatoms. The summed E-state index contributed by atoms with van der Waals surface area (Å²) in [6.07, 6.45) is 0. The highest BCUT2D eigenvalue weighted by molar-refractivity contribution is 7.22. The quantitative estimate of drug-likeness (QED) is 0.728. The Hall–Kier alpha value is -2.40. The van der Waals surface area contributed by atoms with Gasteiger partial charge in [-0.2, -0.15) is 0 Å². The SMILES string of the molecule is Cc1cc(C)c(OCC(=O)Nc2nc3c(C)cc(C)cc3s2)c(C)c1. The number of aromatic nitrogens is 1. The van der Waals surface area contributed by atoms with Crippen LogP contribution in [0.5, 0.6) is 5.75 Å². The Balaban J connectivity index is 1.70. The number of thiazole rings is 1. The summed E-state index contributed by atoms with van der Waals surface area (Å²) in [6.45, 7) is 10.1. The van der Waals surface area contributed by atoms with Gasteiger partial charge < -0.3 is 4.74 Å². The molecule has 0 unspecified atom stereocenters. The number of nitrogens with zero attached hydrogens (tertiary/aromatic N) is 1. The number of hydrogen-bond donors (Lipinski definition) is 1. The van der Waals surface area contributed by atoms with Crippen LogP contribution in [0.1, 0.15) is 27.8 Å². The summed E-state index contributed by atoms with van der Waals surface area (Å²) in [5.74, 6) is 0.573. The lowest BCUT2D eigenvalue weighted by Crippen LogP contribution is -2.20. The number of carbonyl (C=O) groups excluding carboxylic acids is 1. The van der Waals surface area contributed by atoms with Crippen molar-refractivity contribution in [3.8, 4) is 5.75 Å². The summed E-state index contributed by atoms with van der Waals surface area (Å²) in [6, 6.07) is 8.29. The van der Waals surface area contributed by atoms with E-state index in [-0.39, 0.29) is 12.5 Å². The second-order valence-electron chi connectivity index (χ2n) is 6.51. The Labute approximate surface area is 151 Å². The second kappa shape index (κ2) is 6.84. The van der Waals surface area contributed by atoms with E-state index in [1.807, 2.05) is 27.7 Å². The topological polar surface area (TPSA) is 51.2 Å². The van der Waals surface area contributed by atoms with Gasteiger partial charge in [0, 0.05) is 0 Å². The molecule has 1 N–H and O–H groups in total. The summed E-state index contributed by atoms with van der Waals surface area (Å²) in [5, 5.41) is 3.45. The highest BCUT2D eigenvalue weighted by atomic mass is 32.1. The zero-order valence-corrected chi connectivity index (χ0v) is 16.0. The van der Waals surface area contributed by atoms with Crippen LogP contribution in [0, 0.1) is 34.6 Å². The van der Waals surface area contributed by atoms with E-state index in [0.29, 0.717) is 5.13 Å². The van der Waals surface area contributed by atoms with Gasteiger partial charge in [0.1, 0.15) is 5.75 Å². The number of rotatable bonds is 4. The molecule has 0 fully saturated rings. The van der Waals surface area contributed by atoms with Crippen molar-refractivity contribution in [3.63, 3.8) is 0 Å². The van der Waals surface area contributed by atoms with Crippen LogP contribution in [0.2, 0.25) is 0 Å². The molecule has 0 aliphatic carbocycles. The Bertz CT molecular complexity index is 937. The van der Waals surface area contributed by atoms with E-state index in [2.05, 4.69) is 41.5 Å². The lowest BCUT2D eigenvalue weighted by atomic mass is 10.1. The van der Waals surface area contributed by atoms with Crippen molar-refractivity contribution in [3.05, 3.63) is 52.1 Å². The molecule has 0 spiro atoms. The van der Waals surface area contributed by atoms with Crippen molar-refractivity contribution in [2.75, 3.05) is 11.9 Å². The summed E-state index contributed by atoms with van der Waals surface area (Å²) in [4.78, 5) is 16.8. The summed E-state index contributed by atoms with van der Waals surface area (Å²) >= 11 is 1.49. The fourth-order valence-electron chi connectivity index (χ4n) is 3.11. The number of ether oxygens (including phenoxy) is 1. The Morgan fingerprint density at radius 2 is 1.60 bits per heavy atom. The van der Waals surface area contributed by atoms with Gasteiger partial charge in [0.05, 0.1) is 10.2 Å². The molecule has 25 heavy (non-hydrogen) atoms. The first-order valence-electron chi connectivity index (χ1n) is 8.22. The zero-order chi connectivity index (χ0) is 18.1. The van der Waals surface area contributed by atoms with Crippen LogP contribution in [0.25, 0.3) is 10.2 Å². The highest BCUT2D eigenvalue weighted by Gasteiger charge is 2.12. The largest absolute Gasteiger partial charge is 0.483 e. The lowest BCUT2D eigenvalue weighted by Gasteiger charge is -2.12. The summed E-state index contributed by atoms with van der Waals surface area (Å²) in [7, 11) is 0. The molecule has 0 aliphatic heterocycles. The third-order valence-electron chi connectivity index (χ3n) is 4.03. The first-order valence-corrected chi connectivity index (χ1v) is 9.03. The van der Waals surface area contributed by atoms with E-state index >= 15 is 0 Å². The van der Waals surface area contributed by atoms with Gasteiger partial charge >= 0.3 is 0 Å². The minimum absolute atomic E-state index is 0.0291. The van der Waals surface area contributed by atoms with E-state index in [1.165, 1.54) is 22.5 Å². The van der Waals surface area contributed by atoms with Gasteiger partial charge in [-0.05, 0) is 62.9 Å². The van der Waals surface area contributed by atoms with E-state index in [0.717, 1.165) is 32.7 Å². The lowest BCUT2D eigenvalue weighted by molar-refractivity contribution is -0.118. The molecule has 0 saturated carbocycles. The van der Waals surface area contributed by atoms with Gasteiger partial charge in [-0.3, -0.25) is 10.1 Å². The first-order chi connectivity index (χ1) is 11.8. The van der Waals surface area contributed by atoms with Gasteiger partial charge in [0.25, 0.3) is 5.91 Å². The van der Waals surface area contributed by atoms with Crippen LogP contribution in [0.4, 0.5) is 5.13 Å². The number of nitrogens with one attached hydrogen (secondary N) is 1. The molecule has 0 atom stereocenters. The number of hydrogen-bond acceptors (Lipinski definition) is 4. The van der Waals surface area contributed by atoms with Crippen LogP contribution in [0.15, 0.2) is 24.3 Å². The smallest absolute Gasteiger partial charge is 0.264 e. The van der Waals surface area contributed by atoms with Crippen molar-refractivity contribution in [1.82, 2.24) is 4.98 Å². The van der Waals surface area contributed by atoms with Gasteiger partial charge in [-0.25, -0.2) is 4.98 Å². The normalized spacial score (nSPS) is 10.9. The third-order valence-corrected chi connectivity index (χ3v) is 4.95. The Morgan fingerprint density at radius 3 is 2.28 bits per heavy atom. The summed E-state index contributed by atoms with van der Waals surface area (Å²) in [5.41, 5.74) is 6.52. The standard InChI is InChI=1S/C20H22N2O2S/c1-11-7-14(4)19(15(5)8-11)24-10-17(23)21-20-22-18-13(3)6-12(2)9-16(18)25-20/h6-9H,10H2,1-5H3,(H,21,22,23). The highest BCUT2D eigenvalue weighted by Crippen LogP contribution is 2.29. The fourth-order valence-corrected chi connectivity index (χ4v) is 4.17. The van der Waals surface area contributed by atoms with Crippen molar-refractivity contribution < 1.29 is 9.53 Å². The molecule has 0 bridgehead atoms. The molecular weight excluding hydrogens is 332 g/mol. The van der Waals surface area contributed by atoms with Crippen molar-refractivity contribution >= 4 is 32.6 Å². The average molecular weight is 354 g/mol. The maximum atomic E-state index is 12.2. The molecule has 1 amide bonds. The predicted octanol–water partition coefficient (Wildman–Crippen LogP) is 4.86. The number of anilines is 1. The minimum atomic E-state index is -0.201. The van der Waals surface area contributed by atoms with Crippen LogP contribution < -0.4 is 10.1 Å². The zero-order valence-electron chi connectivity index (χ0n) is 15.2. The molecular formula is C20H22N2O2S. The number of carbonyl (C=O) groups is 1. The molecule has 3 aromatic rings. The maximum Gasteiger partial charge on any atom is 0.264 e. The molecule has 0 saturated heterocycles. The Morgan fingerprint density at radius 1 is 1.00 bits per heavy atom. The third kappa shape index (κ3) is 3.82. The molecule has 130 valence electrons. The molecule has 4 nitrogen and oxygen atoms in total. The van der Waals surface area contributed by atoms with E-state index in [4.69, 9.17) is 4.74 Å². The van der Waals surface area contributed by atoms with Gasteiger partial charge in [0.2, 0.25) is 0 Å². The van der Waals surface area contributed by atoms with Gasteiger partial charge in [0.15, 0.2) is 11.7 Å². The molecule has 1 aromatic heterocycles. The molecule has 0 radical (unpaired) electrons. The number of benzene rings is 2. The van der Waals surface area contributed by atoms with Crippen LogP contribution in [-0.2, 0) is 4.79 Å². The maximum absolute atomic E-state index is 12.2. The minimum Gasteiger partial charge on any atom is -0.483 e. The monoisotopic (exact) mass is 354 g/mol. The Kier molecular flexibility index (Phi) is 4.77. The van der Waals surface area contributed by atoms with Gasteiger partial charge in [-0.15, -0.1) is 0 Å². The number of amides is 1. The number of fused-ring (bicyclic) bond motifs is 1. The average Bonchev–Trinajstić information content (AvgIpc) is 2.88. The van der Waals surface area contributed by atoms with E-state index in [9.17, 15) is 4.79 Å². The molecule has 3 rings (SSSR count). The van der Waals surface area contributed by atoms with Gasteiger partial charge in [-0.1, -0.05) is 35.1 Å². The van der Waals surface area contributed by atoms with Crippen LogP contribution >= 0.6 is 11.3 Å². The van der Waals surface area contributed by atoms with Crippen LogP contribution in [0.3, 0.4) is 0 Å². The van der Waals surface area contributed by atoms with Crippen LogP contribution in [-0.4, -0.2) is 17.5 Å². The molecule has 1 heterocycles. The van der Waals surface area contributed by atoms with E-state index in [1.54, 1.807) is 0 Å². The second-order valence-corrected chi connectivity index (χ2v) is 7.54. The predicted molar refractivity (Wildman–Crippen MR) is 104 cm³/mol.